The summed E-state index contributed by atoms with van der Waals surface area (Å²) in [5.41, 5.74) is 1.86. The van der Waals surface area contributed by atoms with Crippen LogP contribution in [0.3, 0.4) is 0 Å². The third-order valence-corrected chi connectivity index (χ3v) is 5.06. The van der Waals surface area contributed by atoms with Gasteiger partial charge in [-0.25, -0.2) is 13.4 Å². The highest BCUT2D eigenvalue weighted by Gasteiger charge is 2.16. The molecule has 1 heterocycles. The number of hydrogen-bond acceptors (Lipinski definition) is 4. The van der Waals surface area contributed by atoms with Gasteiger partial charge in [0, 0.05) is 21.9 Å². The van der Waals surface area contributed by atoms with E-state index in [2.05, 4.69) is 27.3 Å². The lowest BCUT2D eigenvalue weighted by Crippen LogP contribution is -2.19. The number of halogens is 1. The molecular formula is C15H19BrN2O2S. The maximum atomic E-state index is 11.2. The van der Waals surface area contributed by atoms with Gasteiger partial charge in [-0.3, -0.25) is 0 Å². The van der Waals surface area contributed by atoms with Gasteiger partial charge in [0.25, 0.3) is 0 Å². The van der Waals surface area contributed by atoms with Crippen molar-refractivity contribution in [2.24, 2.45) is 0 Å². The van der Waals surface area contributed by atoms with E-state index in [0.717, 1.165) is 27.5 Å². The summed E-state index contributed by atoms with van der Waals surface area (Å²) in [6, 6.07) is 10.0. The SMILES string of the molecule is CNC(CCCS(C)(=O)=O)c1nc2ccccc2cc1Br. The van der Waals surface area contributed by atoms with Crippen LogP contribution in [0, 0.1) is 0 Å². The summed E-state index contributed by atoms with van der Waals surface area (Å²) < 4.78 is 23.4. The molecule has 0 aliphatic heterocycles. The molecule has 0 fully saturated rings. The number of rotatable bonds is 6. The fraction of sp³-hybridized carbons (Fsp3) is 0.400. The van der Waals surface area contributed by atoms with E-state index in [9.17, 15) is 8.42 Å². The molecule has 0 saturated carbocycles. The molecule has 0 spiro atoms. The van der Waals surface area contributed by atoms with E-state index >= 15 is 0 Å². The minimum Gasteiger partial charge on any atom is -0.312 e. The van der Waals surface area contributed by atoms with Gasteiger partial charge in [-0.1, -0.05) is 18.2 Å². The molecule has 0 aliphatic carbocycles. The number of sulfone groups is 1. The Balaban J connectivity index is 2.23. The molecule has 0 radical (unpaired) electrons. The number of nitrogens with zero attached hydrogens (tertiary/aromatic N) is 1. The minimum absolute atomic E-state index is 0.0331. The van der Waals surface area contributed by atoms with Crippen LogP contribution in [0.2, 0.25) is 0 Å². The van der Waals surface area contributed by atoms with Crippen molar-refractivity contribution in [1.82, 2.24) is 10.3 Å². The number of fused-ring (bicyclic) bond motifs is 1. The molecule has 0 amide bonds. The number of pyridine rings is 1. The van der Waals surface area contributed by atoms with E-state index in [1.54, 1.807) is 0 Å². The molecule has 0 aliphatic rings. The number of aromatic nitrogens is 1. The van der Waals surface area contributed by atoms with E-state index < -0.39 is 9.84 Å². The number of hydrogen-bond donors (Lipinski definition) is 1. The zero-order chi connectivity index (χ0) is 15.5. The van der Waals surface area contributed by atoms with Crippen LogP contribution in [0.4, 0.5) is 0 Å². The maximum absolute atomic E-state index is 11.2. The fourth-order valence-corrected chi connectivity index (χ4v) is 3.62. The summed E-state index contributed by atoms with van der Waals surface area (Å²) in [4.78, 5) is 4.70. The first-order valence-corrected chi connectivity index (χ1v) is 9.66. The van der Waals surface area contributed by atoms with Crippen LogP contribution < -0.4 is 5.32 Å². The second-order valence-corrected chi connectivity index (χ2v) is 8.28. The smallest absolute Gasteiger partial charge is 0.147 e. The van der Waals surface area contributed by atoms with Gasteiger partial charge in [0.15, 0.2) is 0 Å². The zero-order valence-corrected chi connectivity index (χ0v) is 14.5. The monoisotopic (exact) mass is 370 g/mol. The summed E-state index contributed by atoms with van der Waals surface area (Å²) in [5.74, 6) is 0.205. The van der Waals surface area contributed by atoms with Crippen molar-refractivity contribution in [1.29, 1.82) is 0 Å². The third-order valence-electron chi connectivity index (χ3n) is 3.39. The van der Waals surface area contributed by atoms with Crippen molar-refractivity contribution in [2.45, 2.75) is 18.9 Å². The van der Waals surface area contributed by atoms with E-state index in [4.69, 9.17) is 4.98 Å². The van der Waals surface area contributed by atoms with Crippen LogP contribution >= 0.6 is 15.9 Å². The van der Waals surface area contributed by atoms with Gasteiger partial charge in [-0.15, -0.1) is 0 Å². The Bertz CT molecular complexity index is 732. The van der Waals surface area contributed by atoms with Crippen LogP contribution in [0.5, 0.6) is 0 Å². The predicted molar refractivity (Wildman–Crippen MR) is 90.2 cm³/mol. The maximum Gasteiger partial charge on any atom is 0.147 e. The van der Waals surface area contributed by atoms with Crippen molar-refractivity contribution in [3.8, 4) is 0 Å². The predicted octanol–water partition coefficient (Wildman–Crippen LogP) is 3.08. The van der Waals surface area contributed by atoms with Crippen molar-refractivity contribution in [3.63, 3.8) is 0 Å². The summed E-state index contributed by atoms with van der Waals surface area (Å²) in [7, 11) is -1.05. The summed E-state index contributed by atoms with van der Waals surface area (Å²) in [6.07, 6.45) is 2.62. The highest BCUT2D eigenvalue weighted by molar-refractivity contribution is 9.10. The molecule has 6 heteroatoms. The normalized spacial score (nSPS) is 13.5. The second kappa shape index (κ2) is 6.85. The molecule has 0 bridgehead atoms. The average Bonchev–Trinajstić information content (AvgIpc) is 2.42. The largest absolute Gasteiger partial charge is 0.312 e. The number of nitrogens with one attached hydrogen (secondary N) is 1. The molecule has 1 unspecified atom stereocenters. The van der Waals surface area contributed by atoms with Crippen LogP contribution in [0.25, 0.3) is 10.9 Å². The molecule has 0 saturated heterocycles. The molecular weight excluding hydrogens is 352 g/mol. The topological polar surface area (TPSA) is 59.1 Å². The van der Waals surface area contributed by atoms with Gasteiger partial charge in [0.2, 0.25) is 0 Å². The lowest BCUT2D eigenvalue weighted by atomic mass is 10.1. The number of para-hydroxylation sites is 1. The van der Waals surface area contributed by atoms with Crippen molar-refractivity contribution >= 4 is 36.7 Å². The van der Waals surface area contributed by atoms with Crippen LogP contribution in [0.1, 0.15) is 24.6 Å². The van der Waals surface area contributed by atoms with Gasteiger partial charge in [-0.05, 0) is 48.0 Å². The lowest BCUT2D eigenvalue weighted by Gasteiger charge is -2.17. The van der Waals surface area contributed by atoms with Gasteiger partial charge in [-0.2, -0.15) is 0 Å². The van der Waals surface area contributed by atoms with Crippen molar-refractivity contribution < 1.29 is 8.42 Å². The van der Waals surface area contributed by atoms with E-state index in [0.29, 0.717) is 6.42 Å². The van der Waals surface area contributed by atoms with Crippen LogP contribution in [0.15, 0.2) is 34.8 Å². The summed E-state index contributed by atoms with van der Waals surface area (Å²) in [5, 5.41) is 4.31. The standard InChI is InChI=1S/C15H19BrN2O2S/c1-17-14(8-5-9-21(2,19)20)15-12(16)10-11-6-3-4-7-13(11)18-15/h3-4,6-7,10,14,17H,5,8-9H2,1-2H3. The van der Waals surface area contributed by atoms with E-state index in [1.165, 1.54) is 6.26 Å². The second-order valence-electron chi connectivity index (χ2n) is 5.16. The van der Waals surface area contributed by atoms with Gasteiger partial charge >= 0.3 is 0 Å². The summed E-state index contributed by atoms with van der Waals surface area (Å²) >= 11 is 3.57. The first-order valence-electron chi connectivity index (χ1n) is 6.81. The van der Waals surface area contributed by atoms with Gasteiger partial charge < -0.3 is 5.32 Å². The lowest BCUT2D eigenvalue weighted by molar-refractivity contribution is 0.524. The van der Waals surface area contributed by atoms with Crippen LogP contribution in [-0.2, 0) is 9.84 Å². The summed E-state index contributed by atoms with van der Waals surface area (Å²) in [6.45, 7) is 0. The van der Waals surface area contributed by atoms with Crippen molar-refractivity contribution in [2.75, 3.05) is 19.1 Å². The Labute approximate surface area is 134 Å². The Morgan fingerprint density at radius 1 is 1.33 bits per heavy atom. The molecule has 1 atom stereocenters. The average molecular weight is 371 g/mol. The molecule has 4 nitrogen and oxygen atoms in total. The molecule has 1 aromatic heterocycles. The molecule has 114 valence electrons. The molecule has 21 heavy (non-hydrogen) atoms. The van der Waals surface area contributed by atoms with Gasteiger partial charge in [0.05, 0.1) is 17.3 Å². The van der Waals surface area contributed by atoms with E-state index in [-0.39, 0.29) is 11.8 Å². The highest BCUT2D eigenvalue weighted by Crippen LogP contribution is 2.28. The third kappa shape index (κ3) is 4.49. The van der Waals surface area contributed by atoms with Crippen molar-refractivity contribution in [3.05, 3.63) is 40.5 Å². The molecule has 2 rings (SSSR count). The molecule has 1 N–H and O–H groups in total. The Morgan fingerprint density at radius 3 is 2.71 bits per heavy atom. The number of benzene rings is 1. The molecule has 1 aromatic carbocycles. The van der Waals surface area contributed by atoms with Gasteiger partial charge in [0.1, 0.15) is 9.84 Å². The molecule has 2 aromatic rings. The van der Waals surface area contributed by atoms with E-state index in [1.807, 2.05) is 31.3 Å². The quantitative estimate of drug-likeness (QED) is 0.848. The Morgan fingerprint density at radius 2 is 2.05 bits per heavy atom. The Hall–Kier alpha value is -0.980. The highest BCUT2D eigenvalue weighted by atomic mass is 79.9. The minimum atomic E-state index is -2.91. The Kier molecular flexibility index (Phi) is 5.35. The fourth-order valence-electron chi connectivity index (χ4n) is 2.32. The van der Waals surface area contributed by atoms with Crippen LogP contribution in [-0.4, -0.2) is 32.5 Å². The first-order chi connectivity index (χ1) is 9.90. The zero-order valence-electron chi connectivity index (χ0n) is 12.1. The first kappa shape index (κ1) is 16.4.